The van der Waals surface area contributed by atoms with Crippen LogP contribution in [0.25, 0.3) is 0 Å². The fourth-order valence-electron chi connectivity index (χ4n) is 2.27. The van der Waals surface area contributed by atoms with Crippen molar-refractivity contribution in [2.75, 3.05) is 72.7 Å². The van der Waals surface area contributed by atoms with Gasteiger partial charge in [-0.05, 0) is 18.9 Å². The Hall–Kier alpha value is -1.35. The third-order valence-electron chi connectivity index (χ3n) is 3.84. The van der Waals surface area contributed by atoms with Gasteiger partial charge in [-0.25, -0.2) is 0 Å². The maximum Gasteiger partial charge on any atom is 0.159 e. The molecule has 0 aliphatic rings. The van der Waals surface area contributed by atoms with E-state index < -0.39 is 0 Å². The topological polar surface area (TPSA) is 72.5 Å². The predicted octanol–water partition coefficient (Wildman–Crippen LogP) is 2.90. The highest BCUT2D eigenvalue weighted by atomic mass is 16.6. The predicted molar refractivity (Wildman–Crippen MR) is 110 cm³/mol. The summed E-state index contributed by atoms with van der Waals surface area (Å²) in [4.78, 5) is 11.2. The largest absolute Gasteiger partial charge is 0.379 e. The Balaban J connectivity index is 1.77. The van der Waals surface area contributed by atoms with Gasteiger partial charge in [0.05, 0.1) is 72.7 Å². The normalized spacial score (nSPS) is 11.1. The molecule has 1 aromatic carbocycles. The number of carbonyl (C=O) groups is 1. The molecule has 166 valence electrons. The van der Waals surface area contributed by atoms with E-state index >= 15 is 0 Å². The van der Waals surface area contributed by atoms with Crippen LogP contribution in [0.15, 0.2) is 24.3 Å². The van der Waals surface area contributed by atoms with Crippen molar-refractivity contribution in [2.45, 2.75) is 26.9 Å². The van der Waals surface area contributed by atoms with Crippen LogP contribution in [0.5, 0.6) is 0 Å². The van der Waals surface area contributed by atoms with Crippen LogP contribution in [0.3, 0.4) is 0 Å². The second kappa shape index (κ2) is 18.7. The van der Waals surface area contributed by atoms with E-state index in [0.29, 0.717) is 78.2 Å². The zero-order valence-corrected chi connectivity index (χ0v) is 17.9. The molecule has 0 amide bonds. The minimum absolute atomic E-state index is 0.0670. The summed E-state index contributed by atoms with van der Waals surface area (Å²) in [6, 6.07) is 7.44. The standard InChI is InChI=1S/C22H36O7/c1-3-8-24-9-10-25-11-12-26-13-14-27-15-16-28-17-18-29-19-21-4-6-22(7-5-21)20(2)23/h4-7H,3,8-19H2,1-2H3. The number of Topliss-reactive ketones (excluding diaryl/α,β-unsaturated/α-hetero) is 1. The lowest BCUT2D eigenvalue weighted by atomic mass is 10.1. The summed E-state index contributed by atoms with van der Waals surface area (Å²) in [6.45, 7) is 10.5. The molecule has 1 rings (SSSR count). The minimum Gasteiger partial charge on any atom is -0.379 e. The minimum atomic E-state index is 0.0670. The maximum absolute atomic E-state index is 11.2. The molecule has 0 heterocycles. The van der Waals surface area contributed by atoms with Gasteiger partial charge in [-0.1, -0.05) is 31.2 Å². The number of hydrogen-bond donors (Lipinski definition) is 0. The lowest BCUT2D eigenvalue weighted by Crippen LogP contribution is -2.14. The molecule has 7 heteroatoms. The van der Waals surface area contributed by atoms with E-state index in [4.69, 9.17) is 28.4 Å². The van der Waals surface area contributed by atoms with Crippen LogP contribution >= 0.6 is 0 Å². The zero-order chi connectivity index (χ0) is 21.0. The van der Waals surface area contributed by atoms with E-state index in [1.54, 1.807) is 6.92 Å². The number of ether oxygens (including phenoxy) is 6. The lowest BCUT2D eigenvalue weighted by molar-refractivity contribution is -0.0176. The Bertz CT molecular complexity index is 504. The van der Waals surface area contributed by atoms with Crippen LogP contribution < -0.4 is 0 Å². The first-order valence-electron chi connectivity index (χ1n) is 10.3. The van der Waals surface area contributed by atoms with Crippen molar-refractivity contribution in [2.24, 2.45) is 0 Å². The van der Waals surface area contributed by atoms with Gasteiger partial charge >= 0.3 is 0 Å². The Morgan fingerprint density at radius 3 is 1.38 bits per heavy atom. The van der Waals surface area contributed by atoms with Crippen molar-refractivity contribution < 1.29 is 33.2 Å². The summed E-state index contributed by atoms with van der Waals surface area (Å²) in [5.41, 5.74) is 1.75. The Kier molecular flexibility index (Phi) is 16.5. The van der Waals surface area contributed by atoms with Gasteiger partial charge in [-0.3, -0.25) is 4.79 Å². The third-order valence-corrected chi connectivity index (χ3v) is 3.84. The molecule has 0 fully saturated rings. The molecular formula is C22H36O7. The first-order valence-corrected chi connectivity index (χ1v) is 10.3. The molecule has 0 unspecified atom stereocenters. The van der Waals surface area contributed by atoms with Crippen molar-refractivity contribution in [3.05, 3.63) is 35.4 Å². The number of benzene rings is 1. The lowest BCUT2D eigenvalue weighted by Gasteiger charge is -2.08. The van der Waals surface area contributed by atoms with Gasteiger partial charge in [0.15, 0.2) is 5.78 Å². The van der Waals surface area contributed by atoms with Crippen LogP contribution in [0.1, 0.15) is 36.2 Å². The maximum atomic E-state index is 11.2. The van der Waals surface area contributed by atoms with Crippen LogP contribution in [-0.2, 0) is 35.0 Å². The molecule has 0 radical (unpaired) electrons. The highest BCUT2D eigenvalue weighted by Gasteiger charge is 1.99. The van der Waals surface area contributed by atoms with E-state index in [0.717, 1.165) is 18.6 Å². The van der Waals surface area contributed by atoms with E-state index in [1.165, 1.54) is 0 Å². The fraction of sp³-hybridized carbons (Fsp3) is 0.682. The smallest absolute Gasteiger partial charge is 0.159 e. The quantitative estimate of drug-likeness (QED) is 0.241. The molecule has 0 saturated heterocycles. The van der Waals surface area contributed by atoms with Crippen LogP contribution in [0.2, 0.25) is 0 Å². The molecule has 0 N–H and O–H groups in total. The summed E-state index contributed by atoms with van der Waals surface area (Å²) in [6.07, 6.45) is 1.03. The Labute approximate surface area is 174 Å². The van der Waals surface area contributed by atoms with Crippen molar-refractivity contribution in [1.82, 2.24) is 0 Å². The number of ketones is 1. The van der Waals surface area contributed by atoms with Gasteiger partial charge in [0.25, 0.3) is 0 Å². The molecule has 0 atom stereocenters. The zero-order valence-electron chi connectivity index (χ0n) is 17.9. The van der Waals surface area contributed by atoms with Gasteiger partial charge in [-0.2, -0.15) is 0 Å². The first kappa shape index (κ1) is 25.7. The van der Waals surface area contributed by atoms with E-state index in [-0.39, 0.29) is 5.78 Å². The summed E-state index contributed by atoms with van der Waals surface area (Å²) < 4.78 is 32.5. The monoisotopic (exact) mass is 412 g/mol. The van der Waals surface area contributed by atoms with Crippen molar-refractivity contribution in [1.29, 1.82) is 0 Å². The average molecular weight is 413 g/mol. The molecule has 0 aromatic heterocycles. The average Bonchev–Trinajstić information content (AvgIpc) is 2.73. The fourth-order valence-corrected chi connectivity index (χ4v) is 2.27. The van der Waals surface area contributed by atoms with Crippen molar-refractivity contribution in [3.63, 3.8) is 0 Å². The first-order chi connectivity index (χ1) is 14.2. The second-order valence-corrected chi connectivity index (χ2v) is 6.37. The summed E-state index contributed by atoms with van der Waals surface area (Å²) in [7, 11) is 0. The Morgan fingerprint density at radius 1 is 0.621 bits per heavy atom. The second-order valence-electron chi connectivity index (χ2n) is 6.37. The molecule has 1 aromatic rings. The van der Waals surface area contributed by atoms with Gasteiger partial charge in [-0.15, -0.1) is 0 Å². The molecule has 29 heavy (non-hydrogen) atoms. The summed E-state index contributed by atoms with van der Waals surface area (Å²) >= 11 is 0. The molecule has 0 aliphatic heterocycles. The van der Waals surface area contributed by atoms with E-state index in [9.17, 15) is 4.79 Å². The van der Waals surface area contributed by atoms with E-state index in [2.05, 4.69) is 6.92 Å². The SMILES string of the molecule is CCCOCCOCCOCCOCCOCCOCc1ccc(C(C)=O)cc1. The van der Waals surface area contributed by atoms with Gasteiger partial charge in [0.1, 0.15) is 0 Å². The molecule has 0 spiro atoms. The van der Waals surface area contributed by atoms with Crippen LogP contribution in [0, 0.1) is 0 Å². The molecule has 0 aliphatic carbocycles. The van der Waals surface area contributed by atoms with Gasteiger partial charge in [0, 0.05) is 12.2 Å². The summed E-state index contributed by atoms with van der Waals surface area (Å²) in [5.74, 6) is 0.0670. The molecule has 7 nitrogen and oxygen atoms in total. The molecular weight excluding hydrogens is 376 g/mol. The summed E-state index contributed by atoms with van der Waals surface area (Å²) in [5, 5.41) is 0. The number of rotatable bonds is 20. The Morgan fingerprint density at radius 2 is 1.00 bits per heavy atom. The van der Waals surface area contributed by atoms with E-state index in [1.807, 2.05) is 24.3 Å². The number of hydrogen-bond acceptors (Lipinski definition) is 7. The third kappa shape index (κ3) is 15.2. The van der Waals surface area contributed by atoms with Crippen LogP contribution in [-0.4, -0.2) is 78.5 Å². The highest BCUT2D eigenvalue weighted by Crippen LogP contribution is 2.06. The van der Waals surface area contributed by atoms with Crippen LogP contribution in [0.4, 0.5) is 0 Å². The highest BCUT2D eigenvalue weighted by molar-refractivity contribution is 5.93. The van der Waals surface area contributed by atoms with Gasteiger partial charge < -0.3 is 28.4 Å². The van der Waals surface area contributed by atoms with Crippen molar-refractivity contribution in [3.8, 4) is 0 Å². The molecule has 0 saturated carbocycles. The van der Waals surface area contributed by atoms with Crippen molar-refractivity contribution >= 4 is 5.78 Å². The van der Waals surface area contributed by atoms with Gasteiger partial charge in [0.2, 0.25) is 0 Å². The number of carbonyl (C=O) groups excluding carboxylic acids is 1. The molecule has 0 bridgehead atoms.